The Hall–Kier alpha value is -1.00. The van der Waals surface area contributed by atoms with Gasteiger partial charge in [-0.15, -0.1) is 0 Å². The zero-order valence-corrected chi connectivity index (χ0v) is 14.6. The smallest absolute Gasteiger partial charge is 0.155 e. The summed E-state index contributed by atoms with van der Waals surface area (Å²) in [5.41, 5.74) is -0.730. The number of carbonyl (C=O) groups is 2. The van der Waals surface area contributed by atoms with Crippen molar-refractivity contribution in [3.8, 4) is 0 Å². The Labute approximate surface area is 143 Å². The van der Waals surface area contributed by atoms with Gasteiger partial charge in [-0.25, -0.2) is 0 Å². The Morgan fingerprint density at radius 1 is 1.21 bits per heavy atom. The molecule has 24 heavy (non-hydrogen) atoms. The lowest BCUT2D eigenvalue weighted by molar-refractivity contribution is -0.172. The molecule has 0 aromatic carbocycles. The van der Waals surface area contributed by atoms with Gasteiger partial charge in [0.25, 0.3) is 0 Å². The van der Waals surface area contributed by atoms with Gasteiger partial charge in [-0.05, 0) is 67.8 Å². The van der Waals surface area contributed by atoms with Gasteiger partial charge in [0.1, 0.15) is 5.60 Å². The highest BCUT2D eigenvalue weighted by molar-refractivity contribution is 5.91. The van der Waals surface area contributed by atoms with Crippen molar-refractivity contribution in [1.29, 1.82) is 0 Å². The summed E-state index contributed by atoms with van der Waals surface area (Å²) in [6.45, 7) is 4.21. The molecule has 3 saturated carbocycles. The van der Waals surface area contributed by atoms with Crippen molar-refractivity contribution < 1.29 is 19.8 Å². The predicted octanol–water partition coefficient (Wildman–Crippen LogP) is 2.42. The van der Waals surface area contributed by atoms with Crippen LogP contribution in [0.3, 0.4) is 0 Å². The Bertz CT molecular complexity index is 625. The molecule has 4 aliphatic carbocycles. The second-order valence-corrected chi connectivity index (χ2v) is 9.16. The van der Waals surface area contributed by atoms with Crippen LogP contribution in [0.5, 0.6) is 0 Å². The fraction of sp³-hybridized carbons (Fsp3) is 0.800. The highest BCUT2D eigenvalue weighted by Crippen LogP contribution is 2.67. The quantitative estimate of drug-likeness (QED) is 0.723. The van der Waals surface area contributed by atoms with Crippen molar-refractivity contribution >= 4 is 12.1 Å². The molecule has 4 heteroatoms. The minimum absolute atomic E-state index is 0.112. The highest BCUT2D eigenvalue weighted by atomic mass is 16.3. The van der Waals surface area contributed by atoms with E-state index in [2.05, 4.69) is 6.92 Å². The molecule has 0 amide bonds. The minimum atomic E-state index is -1.30. The number of aliphatic hydroxyl groups excluding tert-OH is 1. The largest absolute Gasteiger partial charge is 0.393 e. The summed E-state index contributed by atoms with van der Waals surface area (Å²) in [5.74, 6) is 0.949. The standard InChI is InChI=1S/C20H28O4/c1-18-7-5-13(22)9-12(18)3-4-14-15-6-8-20(24,11-21)19(15,2)10-16(23)17(14)18/h9,11,14-17,23-24H,3-8,10H2,1-2H3/t14-,15-,16-,17+,18-,19-,20-/m0/s1. The maximum Gasteiger partial charge on any atom is 0.155 e. The number of aliphatic hydroxyl groups is 2. The highest BCUT2D eigenvalue weighted by Gasteiger charge is 2.66. The van der Waals surface area contributed by atoms with E-state index in [9.17, 15) is 19.8 Å². The molecule has 3 fully saturated rings. The third-order valence-corrected chi connectivity index (χ3v) is 8.31. The monoisotopic (exact) mass is 332 g/mol. The first-order chi connectivity index (χ1) is 11.2. The Morgan fingerprint density at radius 3 is 2.67 bits per heavy atom. The molecule has 4 aliphatic rings. The third-order valence-electron chi connectivity index (χ3n) is 8.31. The number of carbonyl (C=O) groups excluding carboxylic acids is 2. The summed E-state index contributed by atoms with van der Waals surface area (Å²) in [6.07, 6.45) is 7.10. The van der Waals surface area contributed by atoms with Gasteiger partial charge in [0.05, 0.1) is 6.10 Å². The van der Waals surface area contributed by atoms with Crippen LogP contribution in [0.15, 0.2) is 11.6 Å². The van der Waals surface area contributed by atoms with Crippen LogP contribution < -0.4 is 0 Å². The van der Waals surface area contributed by atoms with Crippen LogP contribution in [0.25, 0.3) is 0 Å². The van der Waals surface area contributed by atoms with Crippen molar-refractivity contribution in [2.24, 2.45) is 28.6 Å². The van der Waals surface area contributed by atoms with Crippen molar-refractivity contribution in [3.63, 3.8) is 0 Å². The van der Waals surface area contributed by atoms with Crippen molar-refractivity contribution in [2.45, 2.75) is 70.5 Å². The summed E-state index contributed by atoms with van der Waals surface area (Å²) >= 11 is 0. The molecule has 0 spiro atoms. The number of hydrogen-bond acceptors (Lipinski definition) is 4. The molecule has 0 bridgehead atoms. The average Bonchev–Trinajstić information content (AvgIpc) is 2.79. The molecule has 4 rings (SSSR count). The van der Waals surface area contributed by atoms with E-state index in [0.717, 1.165) is 32.0 Å². The van der Waals surface area contributed by atoms with E-state index in [-0.39, 0.29) is 23.0 Å². The number of hydrogen-bond donors (Lipinski definition) is 2. The van der Waals surface area contributed by atoms with E-state index < -0.39 is 17.1 Å². The molecule has 0 radical (unpaired) electrons. The predicted molar refractivity (Wildman–Crippen MR) is 89.1 cm³/mol. The molecule has 0 aromatic heterocycles. The van der Waals surface area contributed by atoms with E-state index >= 15 is 0 Å². The van der Waals surface area contributed by atoms with Gasteiger partial charge < -0.3 is 15.0 Å². The van der Waals surface area contributed by atoms with Crippen LogP contribution in [0.1, 0.15) is 58.8 Å². The number of ketones is 1. The molecular formula is C20H28O4. The van der Waals surface area contributed by atoms with Crippen LogP contribution in [-0.2, 0) is 9.59 Å². The van der Waals surface area contributed by atoms with Crippen LogP contribution in [-0.4, -0.2) is 34.0 Å². The summed E-state index contributed by atoms with van der Waals surface area (Å²) in [7, 11) is 0. The topological polar surface area (TPSA) is 74.6 Å². The van der Waals surface area contributed by atoms with Crippen LogP contribution in [0.4, 0.5) is 0 Å². The zero-order chi connectivity index (χ0) is 17.3. The van der Waals surface area contributed by atoms with Gasteiger partial charge >= 0.3 is 0 Å². The average molecular weight is 332 g/mol. The summed E-state index contributed by atoms with van der Waals surface area (Å²) in [6, 6.07) is 0. The second kappa shape index (κ2) is 5.01. The van der Waals surface area contributed by atoms with Crippen molar-refractivity contribution in [1.82, 2.24) is 0 Å². The van der Waals surface area contributed by atoms with Crippen molar-refractivity contribution in [2.75, 3.05) is 0 Å². The lowest BCUT2D eigenvalue weighted by Crippen LogP contribution is -2.60. The van der Waals surface area contributed by atoms with Gasteiger partial charge in [0.2, 0.25) is 0 Å². The fourth-order valence-electron chi connectivity index (χ4n) is 6.92. The fourth-order valence-corrected chi connectivity index (χ4v) is 6.92. The van der Waals surface area contributed by atoms with Gasteiger partial charge in [0, 0.05) is 11.8 Å². The number of allylic oxidation sites excluding steroid dienone is 1. The molecular weight excluding hydrogens is 304 g/mol. The molecule has 0 aliphatic heterocycles. The van der Waals surface area contributed by atoms with Crippen LogP contribution in [0, 0.1) is 28.6 Å². The first kappa shape index (κ1) is 16.5. The van der Waals surface area contributed by atoms with Gasteiger partial charge in [-0.2, -0.15) is 0 Å². The molecule has 0 heterocycles. The second-order valence-electron chi connectivity index (χ2n) is 9.16. The lowest BCUT2D eigenvalue weighted by Gasteiger charge is -2.60. The first-order valence-electron chi connectivity index (χ1n) is 9.36. The van der Waals surface area contributed by atoms with Gasteiger partial charge in [0.15, 0.2) is 12.1 Å². The lowest BCUT2D eigenvalue weighted by atomic mass is 9.45. The Morgan fingerprint density at radius 2 is 1.96 bits per heavy atom. The molecule has 4 nitrogen and oxygen atoms in total. The number of fused-ring (bicyclic) bond motifs is 5. The van der Waals surface area contributed by atoms with E-state index in [0.29, 0.717) is 25.2 Å². The van der Waals surface area contributed by atoms with E-state index in [1.165, 1.54) is 5.57 Å². The van der Waals surface area contributed by atoms with Crippen LogP contribution >= 0.6 is 0 Å². The summed E-state index contributed by atoms with van der Waals surface area (Å²) < 4.78 is 0. The normalized spacial score (nSPS) is 53.7. The SMILES string of the molecule is C[C@]12CCC(=O)C=C1CC[C@@H]1[C@@H]2[C@@H](O)C[C@@]2(C)[C@H]1CC[C@]2(O)C=O. The molecule has 7 atom stereocenters. The Kier molecular flexibility index (Phi) is 3.44. The Balaban J connectivity index is 1.75. The number of aldehydes is 1. The maximum absolute atomic E-state index is 11.8. The third kappa shape index (κ3) is 1.87. The van der Waals surface area contributed by atoms with Crippen molar-refractivity contribution in [3.05, 3.63) is 11.6 Å². The van der Waals surface area contributed by atoms with Gasteiger partial charge in [-0.1, -0.05) is 19.4 Å². The first-order valence-corrected chi connectivity index (χ1v) is 9.36. The van der Waals surface area contributed by atoms with Crippen LogP contribution in [0.2, 0.25) is 0 Å². The van der Waals surface area contributed by atoms with E-state index in [1.54, 1.807) is 0 Å². The molecule has 0 saturated heterocycles. The summed E-state index contributed by atoms with van der Waals surface area (Å²) in [5, 5.41) is 21.9. The molecule has 132 valence electrons. The molecule has 2 N–H and O–H groups in total. The number of rotatable bonds is 1. The molecule has 0 unspecified atom stereocenters. The zero-order valence-electron chi connectivity index (χ0n) is 14.6. The van der Waals surface area contributed by atoms with E-state index in [4.69, 9.17) is 0 Å². The molecule has 0 aromatic rings. The minimum Gasteiger partial charge on any atom is -0.393 e. The maximum atomic E-state index is 11.8. The summed E-state index contributed by atoms with van der Waals surface area (Å²) in [4.78, 5) is 23.5. The van der Waals surface area contributed by atoms with E-state index in [1.807, 2.05) is 13.0 Å². The van der Waals surface area contributed by atoms with Gasteiger partial charge in [-0.3, -0.25) is 4.79 Å².